The number of nitrogens with zero attached hydrogens (tertiary/aromatic N) is 1. The number of carbonyl (C=O) groups is 2. The molecule has 0 radical (unpaired) electrons. The number of hydrogen-bond donors (Lipinski definition) is 2. The van der Waals surface area contributed by atoms with E-state index >= 15 is 0 Å². The van der Waals surface area contributed by atoms with Crippen molar-refractivity contribution in [3.63, 3.8) is 0 Å². The van der Waals surface area contributed by atoms with E-state index in [9.17, 15) is 9.59 Å². The molecule has 18 heavy (non-hydrogen) atoms. The van der Waals surface area contributed by atoms with E-state index in [-0.39, 0.29) is 17.9 Å². The lowest BCUT2D eigenvalue weighted by atomic mass is 10.1. The molecule has 0 aromatic heterocycles. The lowest BCUT2D eigenvalue weighted by molar-refractivity contribution is -0.129. The monoisotopic (exact) mass is 255 g/mol. The van der Waals surface area contributed by atoms with E-state index in [4.69, 9.17) is 5.73 Å². The van der Waals surface area contributed by atoms with E-state index in [1.165, 1.54) is 0 Å². The first-order valence-corrected chi connectivity index (χ1v) is 6.88. The minimum Gasteiger partial charge on any atom is -0.351 e. The molecule has 1 aliphatic rings. The summed E-state index contributed by atoms with van der Waals surface area (Å²) in [6.45, 7) is 5.38. The maximum Gasteiger partial charge on any atom is 0.237 e. The van der Waals surface area contributed by atoms with Crippen LogP contribution in [-0.2, 0) is 9.59 Å². The Kier molecular flexibility index (Phi) is 6.12. The van der Waals surface area contributed by atoms with Crippen LogP contribution in [0, 0.1) is 0 Å². The molecule has 0 spiro atoms. The van der Waals surface area contributed by atoms with E-state index in [1.54, 1.807) is 0 Å². The quantitative estimate of drug-likeness (QED) is 0.700. The van der Waals surface area contributed by atoms with Crippen molar-refractivity contribution in [2.45, 2.75) is 58.0 Å². The molecule has 0 saturated carbocycles. The fraction of sp³-hybridized carbons (Fsp3) is 0.846. The van der Waals surface area contributed by atoms with Gasteiger partial charge in [-0.05, 0) is 19.8 Å². The second kappa shape index (κ2) is 7.36. The molecule has 1 aliphatic heterocycles. The zero-order chi connectivity index (χ0) is 13.5. The van der Waals surface area contributed by atoms with Gasteiger partial charge in [0, 0.05) is 25.6 Å². The van der Waals surface area contributed by atoms with Gasteiger partial charge in [-0.25, -0.2) is 0 Å². The molecule has 1 saturated heterocycles. The minimum absolute atomic E-state index is 0.0350. The summed E-state index contributed by atoms with van der Waals surface area (Å²) in [7, 11) is 0. The smallest absolute Gasteiger partial charge is 0.237 e. The van der Waals surface area contributed by atoms with Gasteiger partial charge in [-0.1, -0.05) is 19.8 Å². The van der Waals surface area contributed by atoms with Crippen molar-refractivity contribution in [1.82, 2.24) is 10.2 Å². The Hall–Kier alpha value is -1.10. The summed E-state index contributed by atoms with van der Waals surface area (Å²) < 4.78 is 0. The average molecular weight is 255 g/mol. The predicted molar refractivity (Wildman–Crippen MR) is 70.9 cm³/mol. The number of unbranched alkanes of at least 4 members (excludes halogenated alkanes) is 1. The van der Waals surface area contributed by atoms with Crippen LogP contribution in [0.4, 0.5) is 0 Å². The molecular weight excluding hydrogens is 230 g/mol. The number of nitrogens with one attached hydrogen (secondary N) is 1. The second-order valence-electron chi connectivity index (χ2n) is 5.10. The third-order valence-corrected chi connectivity index (χ3v) is 3.26. The zero-order valence-corrected chi connectivity index (χ0v) is 11.4. The normalized spacial score (nSPS) is 18.8. The molecule has 1 rings (SSSR count). The van der Waals surface area contributed by atoms with Crippen LogP contribution in [0.5, 0.6) is 0 Å². The standard InChI is InChI=1S/C13H25N3O2/c1-3-4-6-11(14)13(18)15-10(2)9-16-8-5-7-12(16)17/h10-11H,3-9,14H2,1-2H3,(H,15,18). The third kappa shape index (κ3) is 4.64. The van der Waals surface area contributed by atoms with Crippen LogP contribution < -0.4 is 11.1 Å². The molecule has 1 heterocycles. The number of carbonyl (C=O) groups excluding carboxylic acids is 2. The largest absolute Gasteiger partial charge is 0.351 e. The molecule has 0 aromatic rings. The van der Waals surface area contributed by atoms with Gasteiger partial charge in [0.1, 0.15) is 0 Å². The molecule has 1 fully saturated rings. The van der Waals surface area contributed by atoms with Crippen molar-refractivity contribution in [3.8, 4) is 0 Å². The van der Waals surface area contributed by atoms with Crippen LogP contribution in [0.25, 0.3) is 0 Å². The van der Waals surface area contributed by atoms with E-state index < -0.39 is 6.04 Å². The molecule has 3 N–H and O–H groups in total. The summed E-state index contributed by atoms with van der Waals surface area (Å²) in [6.07, 6.45) is 4.29. The molecular formula is C13H25N3O2. The minimum atomic E-state index is -0.429. The van der Waals surface area contributed by atoms with Gasteiger partial charge in [-0.3, -0.25) is 9.59 Å². The molecule has 104 valence electrons. The van der Waals surface area contributed by atoms with Crippen LogP contribution in [0.1, 0.15) is 46.0 Å². The van der Waals surface area contributed by atoms with Crippen LogP contribution in [-0.4, -0.2) is 41.9 Å². The molecule has 2 unspecified atom stereocenters. The van der Waals surface area contributed by atoms with Gasteiger partial charge in [0.05, 0.1) is 6.04 Å². The SMILES string of the molecule is CCCCC(N)C(=O)NC(C)CN1CCCC1=O. The summed E-state index contributed by atoms with van der Waals surface area (Å²) in [5, 5.41) is 2.88. The highest BCUT2D eigenvalue weighted by molar-refractivity contribution is 5.82. The van der Waals surface area contributed by atoms with Gasteiger partial charge in [-0.2, -0.15) is 0 Å². The second-order valence-corrected chi connectivity index (χ2v) is 5.10. The zero-order valence-electron chi connectivity index (χ0n) is 11.4. The van der Waals surface area contributed by atoms with Crippen molar-refractivity contribution >= 4 is 11.8 Å². The Labute approximate surface area is 109 Å². The highest BCUT2D eigenvalue weighted by Gasteiger charge is 2.23. The highest BCUT2D eigenvalue weighted by Crippen LogP contribution is 2.09. The maximum absolute atomic E-state index is 11.8. The van der Waals surface area contributed by atoms with Crippen LogP contribution in [0.15, 0.2) is 0 Å². The van der Waals surface area contributed by atoms with Gasteiger partial charge in [-0.15, -0.1) is 0 Å². The number of hydrogen-bond acceptors (Lipinski definition) is 3. The van der Waals surface area contributed by atoms with Gasteiger partial charge < -0.3 is 16.0 Å². The molecule has 0 aliphatic carbocycles. The van der Waals surface area contributed by atoms with Crippen molar-refractivity contribution in [2.75, 3.05) is 13.1 Å². The Bertz CT molecular complexity index is 294. The van der Waals surface area contributed by atoms with Crippen molar-refractivity contribution in [1.29, 1.82) is 0 Å². The molecule has 5 nitrogen and oxygen atoms in total. The molecule has 2 amide bonds. The number of amides is 2. The van der Waals surface area contributed by atoms with Crippen molar-refractivity contribution in [3.05, 3.63) is 0 Å². The van der Waals surface area contributed by atoms with E-state index in [0.29, 0.717) is 13.0 Å². The van der Waals surface area contributed by atoms with Crippen LogP contribution >= 0.6 is 0 Å². The Balaban J connectivity index is 2.28. The summed E-state index contributed by atoms with van der Waals surface area (Å²) in [5.74, 6) is 0.0778. The van der Waals surface area contributed by atoms with E-state index in [0.717, 1.165) is 32.2 Å². The summed E-state index contributed by atoms with van der Waals surface area (Å²) in [5.41, 5.74) is 5.79. The molecule has 2 atom stereocenters. The van der Waals surface area contributed by atoms with Crippen LogP contribution in [0.2, 0.25) is 0 Å². The molecule has 0 bridgehead atoms. The first-order chi connectivity index (χ1) is 8.54. The van der Waals surface area contributed by atoms with E-state index in [2.05, 4.69) is 12.2 Å². The van der Waals surface area contributed by atoms with Gasteiger partial charge in [0.25, 0.3) is 0 Å². The van der Waals surface area contributed by atoms with Gasteiger partial charge >= 0.3 is 0 Å². The molecule has 5 heteroatoms. The number of nitrogens with two attached hydrogens (primary N) is 1. The fourth-order valence-electron chi connectivity index (χ4n) is 2.18. The Morgan fingerprint density at radius 3 is 2.83 bits per heavy atom. The number of rotatable bonds is 7. The van der Waals surface area contributed by atoms with Crippen LogP contribution in [0.3, 0.4) is 0 Å². The Morgan fingerprint density at radius 1 is 1.56 bits per heavy atom. The van der Waals surface area contributed by atoms with Crippen molar-refractivity contribution < 1.29 is 9.59 Å². The Morgan fingerprint density at radius 2 is 2.28 bits per heavy atom. The lowest BCUT2D eigenvalue weighted by Crippen LogP contribution is -2.48. The number of likely N-dealkylation sites (tertiary alicyclic amines) is 1. The molecule has 0 aromatic carbocycles. The lowest BCUT2D eigenvalue weighted by Gasteiger charge is -2.23. The van der Waals surface area contributed by atoms with Gasteiger partial charge in [0.2, 0.25) is 11.8 Å². The maximum atomic E-state index is 11.8. The summed E-state index contributed by atoms with van der Waals surface area (Å²) in [6, 6.07) is -0.464. The fourth-order valence-corrected chi connectivity index (χ4v) is 2.18. The topological polar surface area (TPSA) is 75.4 Å². The highest BCUT2D eigenvalue weighted by atomic mass is 16.2. The predicted octanol–water partition coefficient (Wildman–Crippen LogP) is 0.631. The average Bonchev–Trinajstić information content (AvgIpc) is 2.71. The summed E-state index contributed by atoms with van der Waals surface area (Å²) in [4.78, 5) is 25.0. The summed E-state index contributed by atoms with van der Waals surface area (Å²) >= 11 is 0. The first kappa shape index (κ1) is 15.0. The first-order valence-electron chi connectivity index (χ1n) is 6.88. The van der Waals surface area contributed by atoms with Gasteiger partial charge in [0.15, 0.2) is 0 Å². The van der Waals surface area contributed by atoms with Crippen molar-refractivity contribution in [2.24, 2.45) is 5.73 Å². The third-order valence-electron chi connectivity index (χ3n) is 3.26. The van der Waals surface area contributed by atoms with E-state index in [1.807, 2.05) is 11.8 Å².